The standard InChI is InChI=1S/C13H16N2O3/c1-2-18-13(17)10-3-4-12(14-9-10)15-7-5-11(16)6-8-15/h3-4,9H,2,5-8H2,1H3. The monoisotopic (exact) mass is 248 g/mol. The molecule has 2 rings (SSSR count). The minimum atomic E-state index is -0.356. The molecule has 18 heavy (non-hydrogen) atoms. The van der Waals surface area contributed by atoms with Crippen LogP contribution in [0.2, 0.25) is 0 Å². The molecule has 0 radical (unpaired) electrons. The molecule has 0 aromatic carbocycles. The van der Waals surface area contributed by atoms with Crippen molar-refractivity contribution in [2.75, 3.05) is 24.6 Å². The predicted molar refractivity (Wildman–Crippen MR) is 66.6 cm³/mol. The van der Waals surface area contributed by atoms with Gasteiger partial charge in [-0.25, -0.2) is 9.78 Å². The van der Waals surface area contributed by atoms with E-state index in [4.69, 9.17) is 4.74 Å². The van der Waals surface area contributed by atoms with E-state index in [1.165, 1.54) is 6.20 Å². The third kappa shape index (κ3) is 2.85. The van der Waals surface area contributed by atoms with E-state index in [2.05, 4.69) is 9.88 Å². The molecule has 5 heteroatoms. The van der Waals surface area contributed by atoms with Crippen LogP contribution >= 0.6 is 0 Å². The molecule has 0 saturated carbocycles. The van der Waals surface area contributed by atoms with E-state index in [1.807, 2.05) is 0 Å². The number of carbonyl (C=O) groups excluding carboxylic acids is 2. The fourth-order valence-electron chi connectivity index (χ4n) is 1.89. The van der Waals surface area contributed by atoms with Gasteiger partial charge < -0.3 is 9.64 Å². The first-order valence-electron chi connectivity index (χ1n) is 6.10. The normalized spacial score (nSPS) is 15.6. The van der Waals surface area contributed by atoms with Crippen molar-refractivity contribution >= 4 is 17.6 Å². The van der Waals surface area contributed by atoms with E-state index in [0.29, 0.717) is 43.9 Å². The van der Waals surface area contributed by atoms with Crippen LogP contribution in [0.1, 0.15) is 30.1 Å². The summed E-state index contributed by atoms with van der Waals surface area (Å²) in [7, 11) is 0. The zero-order valence-electron chi connectivity index (χ0n) is 10.4. The van der Waals surface area contributed by atoms with Crippen molar-refractivity contribution in [1.29, 1.82) is 0 Å². The number of Topliss-reactive ketones (excluding diaryl/α,β-unsaturated/α-hetero) is 1. The molecule has 1 aliphatic rings. The summed E-state index contributed by atoms with van der Waals surface area (Å²) < 4.78 is 4.89. The molecule has 1 aromatic heterocycles. The van der Waals surface area contributed by atoms with Crippen LogP contribution in [0.4, 0.5) is 5.82 Å². The Labute approximate surface area is 106 Å². The first kappa shape index (κ1) is 12.5. The zero-order chi connectivity index (χ0) is 13.0. The molecule has 1 aromatic rings. The highest BCUT2D eigenvalue weighted by Gasteiger charge is 2.17. The molecule has 1 fully saturated rings. The van der Waals surface area contributed by atoms with Crippen LogP contribution in [0.15, 0.2) is 18.3 Å². The van der Waals surface area contributed by atoms with E-state index in [0.717, 1.165) is 5.82 Å². The van der Waals surface area contributed by atoms with Crippen LogP contribution in [0, 0.1) is 0 Å². The molecule has 0 unspecified atom stereocenters. The van der Waals surface area contributed by atoms with Crippen molar-refractivity contribution in [3.8, 4) is 0 Å². The van der Waals surface area contributed by atoms with Crippen LogP contribution in [-0.2, 0) is 9.53 Å². The summed E-state index contributed by atoms with van der Waals surface area (Å²) in [6.07, 6.45) is 2.66. The number of aromatic nitrogens is 1. The third-order valence-corrected chi connectivity index (χ3v) is 2.90. The average Bonchev–Trinajstić information content (AvgIpc) is 2.40. The van der Waals surface area contributed by atoms with Crippen molar-refractivity contribution in [2.45, 2.75) is 19.8 Å². The number of hydrogen-bond acceptors (Lipinski definition) is 5. The number of esters is 1. The number of carbonyl (C=O) groups is 2. The summed E-state index contributed by atoms with van der Waals surface area (Å²) in [4.78, 5) is 28.9. The molecule has 0 bridgehead atoms. The fraction of sp³-hybridized carbons (Fsp3) is 0.462. The molecule has 0 amide bonds. The Morgan fingerprint density at radius 3 is 2.67 bits per heavy atom. The number of nitrogens with zero attached hydrogens (tertiary/aromatic N) is 2. The van der Waals surface area contributed by atoms with Crippen molar-refractivity contribution in [3.05, 3.63) is 23.9 Å². The van der Waals surface area contributed by atoms with Crippen molar-refractivity contribution in [2.24, 2.45) is 0 Å². The molecular formula is C13H16N2O3. The minimum Gasteiger partial charge on any atom is -0.462 e. The molecule has 0 N–H and O–H groups in total. The topological polar surface area (TPSA) is 59.5 Å². The van der Waals surface area contributed by atoms with Gasteiger partial charge in [0.2, 0.25) is 0 Å². The minimum absolute atomic E-state index is 0.300. The van der Waals surface area contributed by atoms with Crippen LogP contribution in [0.5, 0.6) is 0 Å². The first-order chi connectivity index (χ1) is 8.70. The lowest BCUT2D eigenvalue weighted by atomic mass is 10.1. The summed E-state index contributed by atoms with van der Waals surface area (Å²) in [5.41, 5.74) is 0.452. The smallest absolute Gasteiger partial charge is 0.339 e. The molecule has 0 spiro atoms. The van der Waals surface area contributed by atoms with Gasteiger partial charge in [-0.3, -0.25) is 4.79 Å². The van der Waals surface area contributed by atoms with E-state index in [1.54, 1.807) is 19.1 Å². The second-order valence-corrected chi connectivity index (χ2v) is 4.15. The lowest BCUT2D eigenvalue weighted by Gasteiger charge is -2.26. The van der Waals surface area contributed by atoms with Gasteiger partial charge in [0.1, 0.15) is 11.6 Å². The first-order valence-corrected chi connectivity index (χ1v) is 6.10. The van der Waals surface area contributed by atoms with E-state index in [-0.39, 0.29) is 5.97 Å². The van der Waals surface area contributed by atoms with Gasteiger partial charge in [0.25, 0.3) is 0 Å². The van der Waals surface area contributed by atoms with Gasteiger partial charge in [0.15, 0.2) is 0 Å². The molecule has 96 valence electrons. The van der Waals surface area contributed by atoms with E-state index >= 15 is 0 Å². The van der Waals surface area contributed by atoms with Crippen molar-refractivity contribution in [3.63, 3.8) is 0 Å². The van der Waals surface area contributed by atoms with Gasteiger partial charge in [-0.2, -0.15) is 0 Å². The Hall–Kier alpha value is -1.91. The number of piperidine rings is 1. The highest BCUT2D eigenvalue weighted by Crippen LogP contribution is 2.16. The maximum atomic E-state index is 11.5. The summed E-state index contributed by atoms with van der Waals surface area (Å²) in [5, 5.41) is 0. The average molecular weight is 248 g/mol. The highest BCUT2D eigenvalue weighted by atomic mass is 16.5. The maximum Gasteiger partial charge on any atom is 0.339 e. The van der Waals surface area contributed by atoms with E-state index in [9.17, 15) is 9.59 Å². The largest absolute Gasteiger partial charge is 0.462 e. The Bertz CT molecular complexity index is 432. The second-order valence-electron chi connectivity index (χ2n) is 4.15. The van der Waals surface area contributed by atoms with Gasteiger partial charge in [-0.1, -0.05) is 0 Å². The van der Waals surface area contributed by atoms with Gasteiger partial charge >= 0.3 is 5.97 Å². The molecule has 0 aliphatic carbocycles. The van der Waals surface area contributed by atoms with Crippen LogP contribution < -0.4 is 4.90 Å². The van der Waals surface area contributed by atoms with Crippen molar-refractivity contribution in [1.82, 2.24) is 4.98 Å². The molecular weight excluding hydrogens is 232 g/mol. The fourth-order valence-corrected chi connectivity index (χ4v) is 1.89. The number of hydrogen-bond donors (Lipinski definition) is 0. The predicted octanol–water partition coefficient (Wildman–Crippen LogP) is 1.43. The lowest BCUT2D eigenvalue weighted by molar-refractivity contribution is -0.119. The number of anilines is 1. The molecule has 2 heterocycles. The van der Waals surface area contributed by atoms with Crippen LogP contribution in [-0.4, -0.2) is 36.4 Å². The number of ketones is 1. The molecule has 1 saturated heterocycles. The quantitative estimate of drug-likeness (QED) is 0.757. The summed E-state index contributed by atoms with van der Waals surface area (Å²) >= 11 is 0. The summed E-state index contributed by atoms with van der Waals surface area (Å²) in [6.45, 7) is 3.52. The Morgan fingerprint density at radius 2 is 2.11 bits per heavy atom. The van der Waals surface area contributed by atoms with Crippen molar-refractivity contribution < 1.29 is 14.3 Å². The number of rotatable bonds is 3. The lowest BCUT2D eigenvalue weighted by Crippen LogP contribution is -2.34. The highest BCUT2D eigenvalue weighted by molar-refractivity contribution is 5.89. The second kappa shape index (κ2) is 5.62. The van der Waals surface area contributed by atoms with E-state index < -0.39 is 0 Å². The zero-order valence-corrected chi connectivity index (χ0v) is 10.4. The Kier molecular flexibility index (Phi) is 3.92. The summed E-state index contributed by atoms with van der Waals surface area (Å²) in [5.74, 6) is 0.746. The SMILES string of the molecule is CCOC(=O)c1ccc(N2CCC(=O)CC2)nc1. The Balaban J connectivity index is 2.03. The third-order valence-electron chi connectivity index (χ3n) is 2.90. The number of pyridine rings is 1. The van der Waals surface area contributed by atoms with Crippen LogP contribution in [0.3, 0.4) is 0 Å². The van der Waals surface area contributed by atoms with Gasteiger partial charge in [-0.05, 0) is 19.1 Å². The summed E-state index contributed by atoms with van der Waals surface area (Å²) in [6, 6.07) is 3.50. The molecule has 1 aliphatic heterocycles. The van der Waals surface area contributed by atoms with Crippen LogP contribution in [0.25, 0.3) is 0 Å². The van der Waals surface area contributed by atoms with Gasteiger partial charge in [0, 0.05) is 32.1 Å². The maximum absolute atomic E-state index is 11.5. The molecule has 0 atom stereocenters. The Morgan fingerprint density at radius 1 is 1.39 bits per heavy atom. The molecule has 5 nitrogen and oxygen atoms in total. The van der Waals surface area contributed by atoms with Gasteiger partial charge in [-0.15, -0.1) is 0 Å². The van der Waals surface area contributed by atoms with Gasteiger partial charge in [0.05, 0.1) is 12.2 Å². The number of ether oxygens (including phenoxy) is 1.